The average Bonchev–Trinajstić information content (AvgIpc) is 3.65. The van der Waals surface area contributed by atoms with Crippen LogP contribution in [-0.4, -0.2) is 102 Å². The summed E-state index contributed by atoms with van der Waals surface area (Å²) in [5, 5.41) is 13.2. The molecule has 0 saturated carbocycles. The van der Waals surface area contributed by atoms with E-state index in [4.69, 9.17) is 14.2 Å². The zero-order valence-corrected chi connectivity index (χ0v) is 28.2. The Balaban J connectivity index is 1.61. The molecule has 0 aliphatic carbocycles. The molecule has 2 saturated heterocycles. The van der Waals surface area contributed by atoms with Crippen LogP contribution < -0.4 is 5.32 Å². The number of nitrogens with zero attached hydrogens (tertiary/aromatic N) is 2. The normalized spacial score (nSPS) is 33.0. The van der Waals surface area contributed by atoms with E-state index in [-0.39, 0.29) is 38.0 Å². The highest BCUT2D eigenvalue weighted by molar-refractivity contribution is 9.11. The van der Waals surface area contributed by atoms with E-state index in [1.54, 1.807) is 30.0 Å². The summed E-state index contributed by atoms with van der Waals surface area (Å²) in [6.45, 7) is 4.21. The van der Waals surface area contributed by atoms with Crippen LogP contribution in [0.3, 0.4) is 0 Å². The number of nitrogens with one attached hydrogen (secondary N) is 1. The van der Waals surface area contributed by atoms with E-state index in [1.807, 2.05) is 30.4 Å². The van der Waals surface area contributed by atoms with Crippen LogP contribution in [0.2, 0.25) is 0 Å². The highest BCUT2D eigenvalue weighted by Crippen LogP contribution is 2.59. The zero-order chi connectivity index (χ0) is 33.0. The number of ether oxygens (including phenoxy) is 3. The van der Waals surface area contributed by atoms with Gasteiger partial charge in [0.25, 0.3) is 0 Å². The van der Waals surface area contributed by atoms with E-state index in [9.17, 15) is 24.3 Å². The fourth-order valence-electron chi connectivity index (χ4n) is 7.21. The van der Waals surface area contributed by atoms with Crippen molar-refractivity contribution in [1.82, 2.24) is 15.1 Å². The van der Waals surface area contributed by atoms with Crippen molar-refractivity contribution in [3.8, 4) is 0 Å². The van der Waals surface area contributed by atoms with Gasteiger partial charge in [0, 0.05) is 31.1 Å². The van der Waals surface area contributed by atoms with Crippen molar-refractivity contribution in [2.45, 2.75) is 81.9 Å². The number of benzene rings is 1. The van der Waals surface area contributed by atoms with Crippen LogP contribution in [0.25, 0.3) is 0 Å². The van der Waals surface area contributed by atoms with Gasteiger partial charge in [-0.15, -0.1) is 0 Å². The molecule has 2 fully saturated rings. The van der Waals surface area contributed by atoms with Crippen LogP contribution in [0.5, 0.6) is 0 Å². The molecule has 1 aromatic rings. The van der Waals surface area contributed by atoms with Gasteiger partial charge in [0.05, 0.1) is 31.2 Å². The summed E-state index contributed by atoms with van der Waals surface area (Å²) in [5.41, 5.74) is -0.790. The molecule has 0 aromatic heterocycles. The molecule has 0 radical (unpaired) electrons. The van der Waals surface area contributed by atoms with E-state index in [0.717, 1.165) is 19.3 Å². The number of rotatable bonds is 9. The molecule has 4 aliphatic heterocycles. The molecule has 12 heteroatoms. The maximum absolute atomic E-state index is 14.6. The smallest absolute Gasteiger partial charge is 0.313 e. The van der Waals surface area contributed by atoms with Gasteiger partial charge in [0.2, 0.25) is 17.7 Å². The van der Waals surface area contributed by atoms with Crippen LogP contribution in [-0.2, 0) is 33.4 Å². The first-order chi connectivity index (χ1) is 22.2. The second kappa shape index (κ2) is 14.8. The number of methoxy groups -OCH3 is 1. The molecule has 11 nitrogen and oxygen atoms in total. The lowest BCUT2D eigenvalue weighted by Gasteiger charge is -2.37. The maximum atomic E-state index is 14.6. The lowest BCUT2D eigenvalue weighted by atomic mass is 9.74. The van der Waals surface area contributed by atoms with Crippen molar-refractivity contribution in [2.24, 2.45) is 11.8 Å². The Morgan fingerprint density at radius 1 is 1.11 bits per heavy atom. The highest BCUT2D eigenvalue weighted by Gasteiger charge is 2.75. The van der Waals surface area contributed by atoms with Gasteiger partial charge in [-0.2, -0.15) is 0 Å². The van der Waals surface area contributed by atoms with Crippen molar-refractivity contribution in [3.63, 3.8) is 0 Å². The minimum atomic E-state index is -1.44. The number of allylic oxidation sites excluding steroid dienone is 1. The van der Waals surface area contributed by atoms with Crippen LogP contribution in [0.4, 0.5) is 0 Å². The van der Waals surface area contributed by atoms with Crippen molar-refractivity contribution >= 4 is 39.6 Å². The predicted molar refractivity (Wildman–Crippen MR) is 172 cm³/mol. The van der Waals surface area contributed by atoms with Gasteiger partial charge in [-0.3, -0.25) is 19.2 Å². The summed E-state index contributed by atoms with van der Waals surface area (Å²) in [6.07, 6.45) is 7.00. The molecule has 250 valence electrons. The summed E-state index contributed by atoms with van der Waals surface area (Å²) in [6, 6.07) is 6.56. The number of likely N-dealkylation sites (tertiary alicyclic amines) is 1. The van der Waals surface area contributed by atoms with Crippen molar-refractivity contribution in [1.29, 1.82) is 0 Å². The number of hydrogen-bond acceptors (Lipinski definition) is 8. The van der Waals surface area contributed by atoms with Crippen molar-refractivity contribution < 1.29 is 38.5 Å². The standard InChI is InChI=1S/C34H44BrN3O8/c1-4-5-11-16-37-17-12-7-10-15-25(40)36-24(20-44-3)28(22-13-8-6-9-14-22)45-33(43)26-27-31(41)38(21(2)19-39)30(32(37)42)34(27)18-23(35)29(26)46-34/h6-9,12-14,18,21,24,26-30,39H,4-5,10-11,15-17,19-20H2,1-3H3,(H,36,40)/b12-7-/t21-,24-,26+,27-,28-,29+,30+,34-/m1/s1. The fraction of sp³-hybridized carbons (Fsp3) is 0.588. The van der Waals surface area contributed by atoms with Gasteiger partial charge in [-0.05, 0) is 31.4 Å². The average molecular weight is 703 g/mol. The number of halogens is 1. The molecule has 1 aromatic carbocycles. The maximum Gasteiger partial charge on any atom is 0.313 e. The molecule has 3 amide bonds. The first-order valence-corrected chi connectivity index (χ1v) is 16.9. The largest absolute Gasteiger partial charge is 0.455 e. The Kier molecular flexibility index (Phi) is 11.0. The third kappa shape index (κ3) is 6.41. The first-order valence-electron chi connectivity index (χ1n) is 16.1. The van der Waals surface area contributed by atoms with Gasteiger partial charge in [-0.25, -0.2) is 0 Å². The molecular formula is C34H44BrN3O8. The Bertz CT molecular complexity index is 1350. The second-order valence-electron chi connectivity index (χ2n) is 12.5. The quantitative estimate of drug-likeness (QED) is 0.228. The molecule has 8 atom stereocenters. The molecule has 5 rings (SSSR count). The zero-order valence-electron chi connectivity index (χ0n) is 26.6. The van der Waals surface area contributed by atoms with Crippen molar-refractivity contribution in [2.75, 3.05) is 33.4 Å². The summed E-state index contributed by atoms with van der Waals surface area (Å²) in [4.78, 5) is 59.5. The summed E-state index contributed by atoms with van der Waals surface area (Å²) in [5.74, 6) is -3.80. The Morgan fingerprint density at radius 2 is 1.87 bits per heavy atom. The number of aliphatic hydroxyl groups excluding tert-OH is 1. The molecular weight excluding hydrogens is 658 g/mol. The summed E-state index contributed by atoms with van der Waals surface area (Å²) >= 11 is 3.58. The molecule has 4 heterocycles. The molecule has 4 aliphatic rings. The van der Waals surface area contributed by atoms with E-state index in [1.165, 1.54) is 12.0 Å². The monoisotopic (exact) mass is 701 g/mol. The molecule has 1 spiro atoms. The topological polar surface area (TPSA) is 135 Å². The van der Waals surface area contributed by atoms with Crippen molar-refractivity contribution in [3.05, 3.63) is 58.6 Å². The number of carbonyl (C=O) groups is 4. The number of unbranched alkanes of at least 4 members (excludes halogenated alkanes) is 2. The minimum absolute atomic E-state index is 0.0694. The number of fused-ring (bicyclic) bond motifs is 2. The fourth-order valence-corrected chi connectivity index (χ4v) is 7.95. The highest BCUT2D eigenvalue weighted by atomic mass is 79.9. The minimum Gasteiger partial charge on any atom is -0.455 e. The van der Waals surface area contributed by atoms with Crippen LogP contribution in [0.1, 0.15) is 57.6 Å². The number of aliphatic hydroxyl groups is 1. The summed E-state index contributed by atoms with van der Waals surface area (Å²) in [7, 11) is 1.51. The van der Waals surface area contributed by atoms with E-state index >= 15 is 0 Å². The van der Waals surface area contributed by atoms with E-state index < -0.39 is 59.6 Å². The number of cyclic esters (lactones) is 1. The van der Waals surface area contributed by atoms with Gasteiger partial charge in [0.15, 0.2) is 0 Å². The third-order valence-corrected chi connectivity index (χ3v) is 10.1. The molecule has 2 N–H and O–H groups in total. The molecule has 46 heavy (non-hydrogen) atoms. The van der Waals surface area contributed by atoms with E-state index in [2.05, 4.69) is 28.2 Å². The number of amides is 3. The Labute approximate surface area is 278 Å². The van der Waals surface area contributed by atoms with Gasteiger partial charge >= 0.3 is 5.97 Å². The number of esters is 1. The van der Waals surface area contributed by atoms with Gasteiger partial charge < -0.3 is 34.4 Å². The SMILES string of the molecule is CCCCCN1C/C=C\CCC(=O)N[C@H](COC)[C@@H](c2ccccc2)OC(=O)[C@@H]2[C@H]3O[C@@]4(C=C3Br)[C@H](C1=O)N([C@H](C)CO)C(=O)[C@@H]24. The van der Waals surface area contributed by atoms with Crippen LogP contribution >= 0.6 is 15.9 Å². The predicted octanol–water partition coefficient (Wildman–Crippen LogP) is 3.02. The Morgan fingerprint density at radius 3 is 2.57 bits per heavy atom. The number of carbonyl (C=O) groups excluding carboxylic acids is 4. The van der Waals surface area contributed by atoms with Gasteiger partial charge in [0.1, 0.15) is 29.8 Å². The molecule has 5 bridgehead atoms. The lowest BCUT2D eigenvalue weighted by Crippen LogP contribution is -2.58. The first kappa shape index (κ1) is 34.3. The third-order valence-electron chi connectivity index (χ3n) is 9.41. The van der Waals surface area contributed by atoms with Gasteiger partial charge in [-0.1, -0.05) is 78.2 Å². The summed E-state index contributed by atoms with van der Waals surface area (Å²) < 4.78 is 18.8. The molecule has 0 unspecified atom stereocenters. The van der Waals surface area contributed by atoms with E-state index in [0.29, 0.717) is 23.0 Å². The lowest BCUT2D eigenvalue weighted by molar-refractivity contribution is -0.163. The Hall–Kier alpha value is -3.06. The second-order valence-corrected chi connectivity index (χ2v) is 13.4. The van der Waals surface area contributed by atoms with Crippen LogP contribution in [0, 0.1) is 11.8 Å². The van der Waals surface area contributed by atoms with Crippen LogP contribution in [0.15, 0.2) is 53.0 Å². The number of hydrogen-bond donors (Lipinski definition) is 2.